The molecule has 0 aliphatic carbocycles. The number of nitrogens with one attached hydrogen (secondary N) is 2. The van der Waals surface area contributed by atoms with Gasteiger partial charge in [0, 0.05) is 38.1 Å². The molecule has 4 rings (SSSR count). The molecule has 134 valence electrons. The highest BCUT2D eigenvalue weighted by atomic mass is 16.5. The van der Waals surface area contributed by atoms with Gasteiger partial charge in [0.2, 0.25) is 5.95 Å². The van der Waals surface area contributed by atoms with Gasteiger partial charge in [-0.15, -0.1) is 0 Å². The Bertz CT molecular complexity index is 875. The molecular weight excluding hydrogens is 326 g/mol. The zero-order chi connectivity index (χ0) is 17.8. The second-order valence-electron chi connectivity index (χ2n) is 6.33. The van der Waals surface area contributed by atoms with Crippen LogP contribution in [0, 0.1) is 0 Å². The molecule has 0 atom stereocenters. The number of hydrogen-bond donors (Lipinski definition) is 2. The smallest absolute Gasteiger partial charge is 0.227 e. The minimum absolute atomic E-state index is 0.700. The van der Waals surface area contributed by atoms with Crippen molar-refractivity contribution >= 4 is 22.7 Å². The summed E-state index contributed by atoms with van der Waals surface area (Å²) in [6.07, 6.45) is 0. The molecule has 0 radical (unpaired) electrons. The van der Waals surface area contributed by atoms with Crippen LogP contribution in [0.2, 0.25) is 0 Å². The molecule has 0 saturated carbocycles. The molecule has 0 amide bonds. The van der Waals surface area contributed by atoms with Crippen molar-refractivity contribution in [1.82, 2.24) is 15.3 Å². The van der Waals surface area contributed by atoms with Gasteiger partial charge in [-0.3, -0.25) is 0 Å². The number of para-hydroxylation sites is 1. The molecule has 1 saturated heterocycles. The van der Waals surface area contributed by atoms with Gasteiger partial charge in [0.15, 0.2) is 0 Å². The fourth-order valence-corrected chi connectivity index (χ4v) is 3.13. The number of hydrogen-bond acceptors (Lipinski definition) is 6. The van der Waals surface area contributed by atoms with E-state index >= 15 is 0 Å². The Morgan fingerprint density at radius 2 is 1.81 bits per heavy atom. The van der Waals surface area contributed by atoms with Crippen LogP contribution in [-0.4, -0.2) is 43.3 Å². The molecule has 0 spiro atoms. The Labute approximate surface area is 153 Å². The first kappa shape index (κ1) is 16.6. The molecule has 0 unspecified atom stereocenters. The van der Waals surface area contributed by atoms with Crippen molar-refractivity contribution in [1.29, 1.82) is 0 Å². The Hall–Kier alpha value is -2.86. The molecule has 1 fully saturated rings. The van der Waals surface area contributed by atoms with Gasteiger partial charge < -0.3 is 20.3 Å². The molecule has 2 heterocycles. The normalized spacial score (nSPS) is 14.4. The van der Waals surface area contributed by atoms with Gasteiger partial charge in [-0.25, -0.2) is 4.98 Å². The third kappa shape index (κ3) is 3.55. The number of ether oxygens (including phenoxy) is 1. The molecule has 6 heteroatoms. The van der Waals surface area contributed by atoms with E-state index in [1.807, 2.05) is 30.3 Å². The monoisotopic (exact) mass is 349 g/mol. The Balaban J connectivity index is 1.61. The largest absolute Gasteiger partial charge is 0.497 e. The first-order valence-electron chi connectivity index (χ1n) is 8.93. The quantitative estimate of drug-likeness (QED) is 0.738. The molecule has 0 bridgehead atoms. The average molecular weight is 349 g/mol. The summed E-state index contributed by atoms with van der Waals surface area (Å²) < 4.78 is 5.22. The number of piperazine rings is 1. The summed E-state index contributed by atoms with van der Waals surface area (Å²) in [5.41, 5.74) is 2.14. The van der Waals surface area contributed by atoms with Crippen molar-refractivity contribution in [3.63, 3.8) is 0 Å². The predicted octanol–water partition coefficient (Wildman–Crippen LogP) is 2.66. The van der Waals surface area contributed by atoms with E-state index in [4.69, 9.17) is 14.7 Å². The summed E-state index contributed by atoms with van der Waals surface area (Å²) >= 11 is 0. The first-order valence-corrected chi connectivity index (χ1v) is 8.93. The minimum Gasteiger partial charge on any atom is -0.497 e. The Kier molecular flexibility index (Phi) is 4.84. The molecule has 1 aromatic heterocycles. The third-order valence-electron chi connectivity index (χ3n) is 4.61. The van der Waals surface area contributed by atoms with Crippen LogP contribution in [0.5, 0.6) is 5.75 Å². The summed E-state index contributed by atoms with van der Waals surface area (Å²) in [6.45, 7) is 4.48. The molecule has 1 aliphatic heterocycles. The lowest BCUT2D eigenvalue weighted by molar-refractivity contribution is 0.414. The van der Waals surface area contributed by atoms with Gasteiger partial charge in [0.1, 0.15) is 11.6 Å². The number of nitrogens with zero attached hydrogens (tertiary/aromatic N) is 3. The van der Waals surface area contributed by atoms with Gasteiger partial charge in [0.05, 0.1) is 12.6 Å². The molecule has 2 N–H and O–H groups in total. The van der Waals surface area contributed by atoms with Crippen LogP contribution >= 0.6 is 0 Å². The fourth-order valence-electron chi connectivity index (χ4n) is 3.13. The summed E-state index contributed by atoms with van der Waals surface area (Å²) in [6, 6.07) is 16.2. The van der Waals surface area contributed by atoms with E-state index in [0.717, 1.165) is 54.6 Å². The number of fused-ring (bicyclic) bond motifs is 1. The number of anilines is 2. The number of rotatable bonds is 5. The standard InChI is InChI=1S/C20H23N5O/c1-26-16-8-6-15(7-9-16)14-22-19-17-4-2-3-5-18(17)23-20(24-19)25-12-10-21-11-13-25/h2-9,21H,10-14H2,1H3,(H,22,23,24). The van der Waals surface area contributed by atoms with Crippen molar-refractivity contribution in [3.05, 3.63) is 54.1 Å². The molecule has 1 aliphatic rings. The summed E-state index contributed by atoms with van der Waals surface area (Å²) in [5, 5.41) is 7.90. The van der Waals surface area contributed by atoms with Gasteiger partial charge in [-0.05, 0) is 29.8 Å². The first-order chi connectivity index (χ1) is 12.8. The van der Waals surface area contributed by atoms with Crippen molar-refractivity contribution in [2.75, 3.05) is 43.5 Å². The van der Waals surface area contributed by atoms with Crippen LogP contribution in [0.3, 0.4) is 0 Å². The second-order valence-corrected chi connectivity index (χ2v) is 6.33. The van der Waals surface area contributed by atoms with Gasteiger partial charge in [-0.1, -0.05) is 24.3 Å². The average Bonchev–Trinajstić information content (AvgIpc) is 2.73. The van der Waals surface area contributed by atoms with Crippen molar-refractivity contribution < 1.29 is 4.74 Å². The van der Waals surface area contributed by atoms with Gasteiger partial charge >= 0.3 is 0 Å². The van der Waals surface area contributed by atoms with Gasteiger partial charge in [-0.2, -0.15) is 4.98 Å². The fraction of sp³-hybridized carbons (Fsp3) is 0.300. The highest BCUT2D eigenvalue weighted by molar-refractivity contribution is 5.90. The second kappa shape index (κ2) is 7.58. The molecule has 6 nitrogen and oxygen atoms in total. The SMILES string of the molecule is COc1ccc(CNc2nc(N3CCNCC3)nc3ccccc23)cc1. The molecule has 3 aromatic rings. The number of aromatic nitrogens is 2. The summed E-state index contributed by atoms with van der Waals surface area (Å²) in [4.78, 5) is 11.8. The van der Waals surface area contributed by atoms with E-state index in [1.54, 1.807) is 7.11 Å². The highest BCUT2D eigenvalue weighted by Crippen LogP contribution is 2.24. The maximum atomic E-state index is 5.22. The maximum absolute atomic E-state index is 5.22. The number of methoxy groups -OCH3 is 1. The van der Waals surface area contributed by atoms with Gasteiger partial charge in [0.25, 0.3) is 0 Å². The Morgan fingerprint density at radius 3 is 2.58 bits per heavy atom. The van der Waals surface area contributed by atoms with Crippen LogP contribution in [-0.2, 0) is 6.54 Å². The van der Waals surface area contributed by atoms with E-state index in [-0.39, 0.29) is 0 Å². The van der Waals surface area contributed by atoms with Crippen LogP contribution in [0.25, 0.3) is 10.9 Å². The topological polar surface area (TPSA) is 62.3 Å². The van der Waals surface area contributed by atoms with Crippen LogP contribution in [0.15, 0.2) is 48.5 Å². The highest BCUT2D eigenvalue weighted by Gasteiger charge is 2.15. The van der Waals surface area contributed by atoms with E-state index < -0.39 is 0 Å². The third-order valence-corrected chi connectivity index (χ3v) is 4.61. The lowest BCUT2D eigenvalue weighted by Gasteiger charge is -2.28. The number of benzene rings is 2. The van der Waals surface area contributed by atoms with E-state index in [9.17, 15) is 0 Å². The lowest BCUT2D eigenvalue weighted by atomic mass is 10.2. The summed E-state index contributed by atoms with van der Waals surface area (Å²) in [5.74, 6) is 2.53. The van der Waals surface area contributed by atoms with E-state index in [1.165, 1.54) is 5.56 Å². The molecular formula is C20H23N5O. The molecule has 26 heavy (non-hydrogen) atoms. The lowest BCUT2D eigenvalue weighted by Crippen LogP contribution is -2.44. The van der Waals surface area contributed by atoms with Crippen molar-refractivity contribution in [2.24, 2.45) is 0 Å². The van der Waals surface area contributed by atoms with Crippen molar-refractivity contribution in [3.8, 4) is 5.75 Å². The zero-order valence-electron chi connectivity index (χ0n) is 14.9. The molecule has 2 aromatic carbocycles. The van der Waals surface area contributed by atoms with Crippen molar-refractivity contribution in [2.45, 2.75) is 6.54 Å². The van der Waals surface area contributed by atoms with Crippen LogP contribution in [0.1, 0.15) is 5.56 Å². The van der Waals surface area contributed by atoms with Crippen LogP contribution < -0.4 is 20.3 Å². The van der Waals surface area contributed by atoms with E-state index in [0.29, 0.717) is 6.54 Å². The van der Waals surface area contributed by atoms with Crippen LogP contribution in [0.4, 0.5) is 11.8 Å². The zero-order valence-corrected chi connectivity index (χ0v) is 14.9. The summed E-state index contributed by atoms with van der Waals surface area (Å²) in [7, 11) is 1.68. The van der Waals surface area contributed by atoms with E-state index in [2.05, 4.69) is 33.7 Å². The Morgan fingerprint density at radius 1 is 1.04 bits per heavy atom. The maximum Gasteiger partial charge on any atom is 0.227 e. The predicted molar refractivity (Wildman–Crippen MR) is 105 cm³/mol. The minimum atomic E-state index is 0.700.